The van der Waals surface area contributed by atoms with Crippen molar-refractivity contribution in [1.29, 1.82) is 0 Å². The third-order valence-electron chi connectivity index (χ3n) is 4.37. The van der Waals surface area contributed by atoms with Gasteiger partial charge in [-0.15, -0.1) is 12.4 Å². The molecule has 1 N–H and O–H groups in total. The molecule has 1 amide bonds. The predicted molar refractivity (Wildman–Crippen MR) is 94.4 cm³/mol. The summed E-state index contributed by atoms with van der Waals surface area (Å²) in [5.74, 6) is 1.22. The SMILES string of the molecule is CC(C)c1cc(C(=O)N2CCNCC2c2nccn2C)n(C)n1.Cl. The first kappa shape index (κ1) is 18.5. The molecule has 0 aliphatic carbocycles. The maximum atomic E-state index is 13.1. The Balaban J connectivity index is 0.00000208. The highest BCUT2D eigenvalue weighted by molar-refractivity contribution is 5.93. The third-order valence-corrected chi connectivity index (χ3v) is 4.37. The van der Waals surface area contributed by atoms with Gasteiger partial charge in [0.15, 0.2) is 0 Å². The zero-order chi connectivity index (χ0) is 16.6. The lowest BCUT2D eigenvalue weighted by molar-refractivity contribution is 0.0609. The van der Waals surface area contributed by atoms with E-state index in [9.17, 15) is 4.79 Å². The summed E-state index contributed by atoms with van der Waals surface area (Å²) in [4.78, 5) is 19.4. The monoisotopic (exact) mass is 352 g/mol. The fourth-order valence-electron chi connectivity index (χ4n) is 3.00. The maximum Gasteiger partial charge on any atom is 0.272 e. The van der Waals surface area contributed by atoms with Crippen molar-refractivity contribution in [1.82, 2.24) is 29.5 Å². The molecule has 0 aromatic carbocycles. The van der Waals surface area contributed by atoms with Gasteiger partial charge in [0, 0.05) is 46.1 Å². The molecule has 0 radical (unpaired) electrons. The van der Waals surface area contributed by atoms with Gasteiger partial charge in [0.2, 0.25) is 0 Å². The molecular formula is C16H25ClN6O. The van der Waals surface area contributed by atoms with Crippen LogP contribution >= 0.6 is 12.4 Å². The number of carbonyl (C=O) groups excluding carboxylic acids is 1. The molecule has 8 heteroatoms. The molecule has 0 saturated carbocycles. The van der Waals surface area contributed by atoms with Gasteiger partial charge in [-0.3, -0.25) is 9.48 Å². The number of hydrogen-bond donors (Lipinski definition) is 1. The highest BCUT2D eigenvalue weighted by Crippen LogP contribution is 2.23. The van der Waals surface area contributed by atoms with Crippen LogP contribution in [0.2, 0.25) is 0 Å². The standard InChI is InChI=1S/C16H24N6O.ClH/c1-11(2)12-9-13(21(4)19-12)16(23)22-8-5-17-10-14(22)15-18-6-7-20(15)3;/h6-7,9,11,14,17H,5,8,10H2,1-4H3;1H. The molecule has 1 aliphatic heterocycles. The van der Waals surface area contributed by atoms with E-state index in [-0.39, 0.29) is 24.4 Å². The van der Waals surface area contributed by atoms with Crippen molar-refractivity contribution in [3.63, 3.8) is 0 Å². The van der Waals surface area contributed by atoms with Crippen LogP contribution in [0.4, 0.5) is 0 Å². The molecule has 1 atom stereocenters. The first-order chi connectivity index (χ1) is 11.0. The maximum absolute atomic E-state index is 13.1. The average molecular weight is 353 g/mol. The molecule has 1 aliphatic rings. The van der Waals surface area contributed by atoms with Crippen LogP contribution in [0.15, 0.2) is 18.5 Å². The average Bonchev–Trinajstić information content (AvgIpc) is 3.12. The number of amides is 1. The molecule has 2 aromatic heterocycles. The van der Waals surface area contributed by atoms with Crippen molar-refractivity contribution < 1.29 is 4.79 Å². The number of hydrogen-bond acceptors (Lipinski definition) is 4. The molecule has 0 bridgehead atoms. The van der Waals surface area contributed by atoms with E-state index in [4.69, 9.17) is 0 Å². The van der Waals surface area contributed by atoms with Crippen molar-refractivity contribution in [2.45, 2.75) is 25.8 Å². The first-order valence-corrected chi connectivity index (χ1v) is 8.02. The van der Waals surface area contributed by atoms with E-state index in [1.54, 1.807) is 10.9 Å². The smallest absolute Gasteiger partial charge is 0.272 e. The van der Waals surface area contributed by atoms with Gasteiger partial charge in [-0.2, -0.15) is 5.10 Å². The summed E-state index contributed by atoms with van der Waals surface area (Å²) in [6, 6.07) is 1.85. The lowest BCUT2D eigenvalue weighted by Gasteiger charge is -2.35. The zero-order valence-electron chi connectivity index (χ0n) is 14.6. The summed E-state index contributed by atoms with van der Waals surface area (Å²) >= 11 is 0. The Morgan fingerprint density at radius 1 is 1.38 bits per heavy atom. The number of imidazole rings is 1. The molecule has 2 aromatic rings. The molecule has 3 rings (SSSR count). The molecule has 3 heterocycles. The number of nitrogens with zero attached hydrogens (tertiary/aromatic N) is 5. The van der Waals surface area contributed by atoms with E-state index in [1.165, 1.54) is 0 Å². The van der Waals surface area contributed by atoms with Crippen LogP contribution < -0.4 is 5.32 Å². The van der Waals surface area contributed by atoms with Crippen LogP contribution in [0.3, 0.4) is 0 Å². The van der Waals surface area contributed by atoms with Gasteiger partial charge < -0.3 is 14.8 Å². The van der Waals surface area contributed by atoms with Gasteiger partial charge in [0.25, 0.3) is 5.91 Å². The Morgan fingerprint density at radius 2 is 2.12 bits per heavy atom. The minimum atomic E-state index is -0.0614. The van der Waals surface area contributed by atoms with Crippen molar-refractivity contribution in [3.05, 3.63) is 35.7 Å². The van der Waals surface area contributed by atoms with E-state index in [0.717, 1.165) is 18.1 Å². The van der Waals surface area contributed by atoms with E-state index < -0.39 is 0 Å². The van der Waals surface area contributed by atoms with Gasteiger partial charge >= 0.3 is 0 Å². The second kappa shape index (κ2) is 7.36. The van der Waals surface area contributed by atoms with E-state index in [2.05, 4.69) is 29.2 Å². The molecule has 0 spiro atoms. The highest BCUT2D eigenvalue weighted by atomic mass is 35.5. The van der Waals surface area contributed by atoms with Crippen molar-refractivity contribution in [2.75, 3.05) is 19.6 Å². The van der Waals surface area contributed by atoms with Crippen LogP contribution in [-0.4, -0.2) is 49.8 Å². The van der Waals surface area contributed by atoms with Crippen LogP contribution in [0.5, 0.6) is 0 Å². The first-order valence-electron chi connectivity index (χ1n) is 8.02. The molecule has 7 nitrogen and oxygen atoms in total. The number of rotatable bonds is 3. The number of halogens is 1. The van der Waals surface area contributed by atoms with Crippen molar-refractivity contribution >= 4 is 18.3 Å². The fraction of sp³-hybridized carbons (Fsp3) is 0.562. The highest BCUT2D eigenvalue weighted by Gasteiger charge is 2.32. The summed E-state index contributed by atoms with van der Waals surface area (Å²) in [6.45, 7) is 6.34. The number of aryl methyl sites for hydroxylation is 2. The van der Waals surface area contributed by atoms with Crippen LogP contribution in [-0.2, 0) is 14.1 Å². The Labute approximate surface area is 148 Å². The molecular weight excluding hydrogens is 328 g/mol. The number of carbonyl (C=O) groups is 1. The van der Waals surface area contributed by atoms with Gasteiger partial charge in [0.1, 0.15) is 17.6 Å². The minimum absolute atomic E-state index is 0. The zero-order valence-corrected chi connectivity index (χ0v) is 15.4. The van der Waals surface area contributed by atoms with E-state index >= 15 is 0 Å². The molecule has 24 heavy (non-hydrogen) atoms. The summed E-state index contributed by atoms with van der Waals surface area (Å²) in [7, 11) is 3.79. The van der Waals surface area contributed by atoms with Crippen LogP contribution in [0.1, 0.15) is 47.8 Å². The van der Waals surface area contributed by atoms with Crippen LogP contribution in [0.25, 0.3) is 0 Å². The Hall–Kier alpha value is -1.86. The lowest BCUT2D eigenvalue weighted by atomic mass is 10.1. The Kier molecular flexibility index (Phi) is 5.66. The predicted octanol–water partition coefficient (Wildman–Crippen LogP) is 1.49. The van der Waals surface area contributed by atoms with Crippen LogP contribution in [0, 0.1) is 0 Å². The fourth-order valence-corrected chi connectivity index (χ4v) is 3.00. The Bertz CT molecular complexity index is 707. The quantitative estimate of drug-likeness (QED) is 0.908. The van der Waals surface area contributed by atoms with E-state index in [1.807, 2.05) is 35.8 Å². The number of nitrogens with one attached hydrogen (secondary N) is 1. The van der Waals surface area contributed by atoms with Gasteiger partial charge in [-0.05, 0) is 12.0 Å². The largest absolute Gasteiger partial charge is 0.336 e. The summed E-state index contributed by atoms with van der Waals surface area (Å²) in [5, 5.41) is 7.82. The van der Waals surface area contributed by atoms with Crippen molar-refractivity contribution in [2.24, 2.45) is 14.1 Å². The minimum Gasteiger partial charge on any atom is -0.336 e. The van der Waals surface area contributed by atoms with Crippen molar-refractivity contribution in [3.8, 4) is 0 Å². The summed E-state index contributed by atoms with van der Waals surface area (Å²) < 4.78 is 3.66. The normalized spacial score (nSPS) is 17.9. The molecule has 1 unspecified atom stereocenters. The number of aromatic nitrogens is 4. The summed E-state index contributed by atoms with van der Waals surface area (Å²) in [6.07, 6.45) is 3.68. The second-order valence-electron chi connectivity index (χ2n) is 6.35. The van der Waals surface area contributed by atoms with E-state index in [0.29, 0.717) is 24.7 Å². The van der Waals surface area contributed by atoms with Gasteiger partial charge in [0.05, 0.1) is 5.69 Å². The molecule has 1 fully saturated rings. The second-order valence-corrected chi connectivity index (χ2v) is 6.35. The van der Waals surface area contributed by atoms with Gasteiger partial charge in [-0.25, -0.2) is 4.98 Å². The molecule has 1 saturated heterocycles. The number of piperazine rings is 1. The third kappa shape index (κ3) is 3.32. The van der Waals surface area contributed by atoms with Gasteiger partial charge in [-0.1, -0.05) is 13.8 Å². The summed E-state index contributed by atoms with van der Waals surface area (Å²) in [5.41, 5.74) is 1.58. The Morgan fingerprint density at radius 3 is 2.71 bits per heavy atom. The topological polar surface area (TPSA) is 68.0 Å². The molecule has 132 valence electrons. The lowest BCUT2D eigenvalue weighted by Crippen LogP contribution is -2.49.